The van der Waals surface area contributed by atoms with Crippen LogP contribution in [-0.2, 0) is 0 Å². The molecule has 0 fully saturated rings. The topological polar surface area (TPSA) is 89.7 Å². The summed E-state index contributed by atoms with van der Waals surface area (Å²) in [4.78, 5) is 21.7. The number of hydrogen-bond acceptors (Lipinski definition) is 5. The minimum absolute atomic E-state index is 0.108. The Labute approximate surface area is 112 Å². The molecule has 0 spiro atoms. The van der Waals surface area contributed by atoms with Gasteiger partial charge in [0.1, 0.15) is 6.61 Å². The molecule has 0 aliphatic carbocycles. The van der Waals surface area contributed by atoms with Crippen molar-refractivity contribution in [1.29, 1.82) is 0 Å². The minimum atomic E-state index is -0.784. The van der Waals surface area contributed by atoms with Crippen molar-refractivity contribution in [2.24, 2.45) is 0 Å². The average molecular weight is 318 g/mol. The van der Waals surface area contributed by atoms with Crippen molar-refractivity contribution >= 4 is 27.4 Å². The van der Waals surface area contributed by atoms with Crippen LogP contribution in [0.2, 0.25) is 0 Å². The average Bonchev–Trinajstić information content (AvgIpc) is 2.25. The summed E-state index contributed by atoms with van der Waals surface area (Å²) in [5.41, 5.74) is -0.202. The van der Waals surface area contributed by atoms with E-state index in [9.17, 15) is 14.9 Å². The summed E-state index contributed by atoms with van der Waals surface area (Å²) in [5.74, 6) is -0.461. The maximum atomic E-state index is 11.5. The normalized spacial score (nSPS) is 12.0. The monoisotopic (exact) mass is 317 g/mol. The minimum Gasteiger partial charge on any atom is -0.484 e. The molecule has 7 heteroatoms. The summed E-state index contributed by atoms with van der Waals surface area (Å²) in [6.07, 6.45) is -0.784. The Hall–Kier alpha value is -1.47. The highest BCUT2D eigenvalue weighted by molar-refractivity contribution is 9.10. The molecule has 1 N–H and O–H groups in total. The van der Waals surface area contributed by atoms with Gasteiger partial charge in [-0.1, -0.05) is 15.9 Å². The molecule has 0 saturated heterocycles. The number of aliphatic hydroxyl groups is 1. The Balaban J connectivity index is 3.31. The fraction of sp³-hybridized carbons (Fsp3) is 0.364. The predicted octanol–water partition coefficient (Wildman–Crippen LogP) is 2.32. The van der Waals surface area contributed by atoms with Crippen LogP contribution in [0.15, 0.2) is 16.6 Å². The first-order valence-corrected chi connectivity index (χ1v) is 5.92. The third-order valence-corrected chi connectivity index (χ3v) is 2.54. The van der Waals surface area contributed by atoms with E-state index < -0.39 is 11.0 Å². The fourth-order valence-electron chi connectivity index (χ4n) is 1.33. The molecule has 1 unspecified atom stereocenters. The van der Waals surface area contributed by atoms with Crippen molar-refractivity contribution < 1.29 is 19.6 Å². The molecule has 0 saturated carbocycles. The van der Waals surface area contributed by atoms with E-state index in [0.29, 0.717) is 4.47 Å². The van der Waals surface area contributed by atoms with Gasteiger partial charge in [0.15, 0.2) is 5.78 Å². The van der Waals surface area contributed by atoms with E-state index in [1.165, 1.54) is 26.0 Å². The van der Waals surface area contributed by atoms with E-state index in [0.717, 1.165) is 0 Å². The summed E-state index contributed by atoms with van der Waals surface area (Å²) in [6.45, 7) is 2.65. The standard InChI is InChI=1S/C11H12BrNO5/c1-6(14)5-18-11-9(7(2)15)3-8(12)4-10(11)13(16)17/h3-4,6,14H,5H2,1-2H3. The zero-order valence-corrected chi connectivity index (χ0v) is 11.4. The molecular formula is C11H12BrNO5. The molecular weight excluding hydrogens is 306 g/mol. The number of benzene rings is 1. The molecule has 98 valence electrons. The van der Waals surface area contributed by atoms with Crippen LogP contribution in [0.5, 0.6) is 5.75 Å². The van der Waals surface area contributed by atoms with E-state index in [4.69, 9.17) is 9.84 Å². The first-order chi connectivity index (χ1) is 8.32. The van der Waals surface area contributed by atoms with Crippen LogP contribution in [0.4, 0.5) is 5.69 Å². The van der Waals surface area contributed by atoms with Crippen LogP contribution in [-0.4, -0.2) is 28.5 Å². The predicted molar refractivity (Wildman–Crippen MR) is 68.0 cm³/mol. The Kier molecular flexibility index (Phi) is 4.80. The van der Waals surface area contributed by atoms with Crippen LogP contribution in [0, 0.1) is 10.1 Å². The number of aliphatic hydroxyl groups excluding tert-OH is 1. The van der Waals surface area contributed by atoms with Gasteiger partial charge in [0.05, 0.1) is 16.6 Å². The van der Waals surface area contributed by atoms with Crippen LogP contribution >= 0.6 is 15.9 Å². The van der Waals surface area contributed by atoms with Gasteiger partial charge in [-0.05, 0) is 19.9 Å². The highest BCUT2D eigenvalue weighted by Gasteiger charge is 2.23. The van der Waals surface area contributed by atoms with Gasteiger partial charge in [0.2, 0.25) is 5.75 Å². The largest absolute Gasteiger partial charge is 0.484 e. The molecule has 0 aliphatic heterocycles. The maximum Gasteiger partial charge on any atom is 0.312 e. The fourth-order valence-corrected chi connectivity index (χ4v) is 1.78. The molecule has 0 radical (unpaired) electrons. The van der Waals surface area contributed by atoms with Gasteiger partial charge in [0, 0.05) is 10.5 Å². The molecule has 0 amide bonds. The van der Waals surface area contributed by atoms with Crippen molar-refractivity contribution in [1.82, 2.24) is 0 Å². The number of ketones is 1. The third-order valence-electron chi connectivity index (χ3n) is 2.08. The van der Waals surface area contributed by atoms with E-state index >= 15 is 0 Å². The Morgan fingerprint density at radius 3 is 2.67 bits per heavy atom. The Bertz CT molecular complexity index is 451. The van der Waals surface area contributed by atoms with Crippen molar-refractivity contribution in [3.05, 3.63) is 32.3 Å². The van der Waals surface area contributed by atoms with E-state index in [1.807, 2.05) is 0 Å². The summed E-state index contributed by atoms with van der Waals surface area (Å²) in [5, 5.41) is 20.1. The highest BCUT2D eigenvalue weighted by atomic mass is 79.9. The SMILES string of the molecule is CC(=O)c1cc(Br)cc([N+](=O)[O-])c1OCC(C)O. The molecule has 1 aromatic carbocycles. The molecule has 1 atom stereocenters. The first kappa shape index (κ1) is 14.6. The van der Waals surface area contributed by atoms with Gasteiger partial charge in [-0.2, -0.15) is 0 Å². The van der Waals surface area contributed by atoms with Gasteiger partial charge >= 0.3 is 5.69 Å². The maximum absolute atomic E-state index is 11.5. The number of nitrogens with zero attached hydrogens (tertiary/aromatic N) is 1. The van der Waals surface area contributed by atoms with Gasteiger partial charge in [-0.25, -0.2) is 0 Å². The van der Waals surface area contributed by atoms with Gasteiger partial charge in [0.25, 0.3) is 0 Å². The van der Waals surface area contributed by atoms with Gasteiger partial charge < -0.3 is 9.84 Å². The zero-order valence-electron chi connectivity index (χ0n) is 9.84. The van der Waals surface area contributed by atoms with Crippen LogP contribution in [0.3, 0.4) is 0 Å². The molecule has 6 nitrogen and oxygen atoms in total. The smallest absolute Gasteiger partial charge is 0.312 e. The molecule has 0 bridgehead atoms. The zero-order chi connectivity index (χ0) is 13.9. The number of nitro benzene ring substituents is 1. The lowest BCUT2D eigenvalue weighted by molar-refractivity contribution is -0.386. The number of carbonyl (C=O) groups is 1. The molecule has 1 rings (SSSR count). The number of hydrogen-bond donors (Lipinski definition) is 1. The molecule has 18 heavy (non-hydrogen) atoms. The van der Waals surface area contributed by atoms with Crippen molar-refractivity contribution in [2.45, 2.75) is 20.0 Å². The van der Waals surface area contributed by atoms with E-state index in [-0.39, 0.29) is 29.4 Å². The molecule has 0 aromatic heterocycles. The number of rotatable bonds is 5. The van der Waals surface area contributed by atoms with Crippen molar-refractivity contribution in [2.75, 3.05) is 6.61 Å². The second-order valence-electron chi connectivity index (χ2n) is 3.77. The first-order valence-electron chi connectivity index (χ1n) is 5.12. The summed E-state index contributed by atoms with van der Waals surface area (Å²) >= 11 is 3.10. The number of nitro groups is 1. The Morgan fingerprint density at radius 1 is 1.61 bits per heavy atom. The molecule has 0 heterocycles. The molecule has 0 aliphatic rings. The second-order valence-corrected chi connectivity index (χ2v) is 4.69. The number of halogens is 1. The Morgan fingerprint density at radius 2 is 2.22 bits per heavy atom. The van der Waals surface area contributed by atoms with Gasteiger partial charge in [-0.15, -0.1) is 0 Å². The van der Waals surface area contributed by atoms with Gasteiger partial charge in [-0.3, -0.25) is 14.9 Å². The van der Waals surface area contributed by atoms with Crippen LogP contribution in [0.25, 0.3) is 0 Å². The third kappa shape index (κ3) is 3.51. The lowest BCUT2D eigenvalue weighted by Crippen LogP contribution is -2.15. The highest BCUT2D eigenvalue weighted by Crippen LogP contribution is 2.35. The van der Waals surface area contributed by atoms with E-state index in [2.05, 4.69) is 15.9 Å². The molecule has 1 aromatic rings. The summed E-state index contributed by atoms with van der Waals surface area (Å²) in [6, 6.07) is 2.70. The van der Waals surface area contributed by atoms with E-state index in [1.54, 1.807) is 0 Å². The number of Topliss-reactive ketones (excluding diaryl/α,β-unsaturated/α-hetero) is 1. The van der Waals surface area contributed by atoms with Crippen LogP contribution < -0.4 is 4.74 Å². The van der Waals surface area contributed by atoms with Crippen LogP contribution in [0.1, 0.15) is 24.2 Å². The number of ether oxygens (including phenoxy) is 1. The summed E-state index contributed by atoms with van der Waals surface area (Å²) < 4.78 is 5.59. The van der Waals surface area contributed by atoms with Crippen molar-refractivity contribution in [3.8, 4) is 5.75 Å². The lowest BCUT2D eigenvalue weighted by Gasteiger charge is -2.12. The number of carbonyl (C=O) groups excluding carboxylic acids is 1. The quantitative estimate of drug-likeness (QED) is 0.511. The summed E-state index contributed by atoms with van der Waals surface area (Å²) in [7, 11) is 0. The van der Waals surface area contributed by atoms with Crippen molar-refractivity contribution in [3.63, 3.8) is 0 Å². The second kappa shape index (κ2) is 5.92. The lowest BCUT2D eigenvalue weighted by atomic mass is 10.1.